The van der Waals surface area contributed by atoms with Crippen LogP contribution in [0.5, 0.6) is 0 Å². The summed E-state index contributed by atoms with van der Waals surface area (Å²) in [6.07, 6.45) is 0. The van der Waals surface area contributed by atoms with E-state index in [9.17, 15) is 4.21 Å². The van der Waals surface area contributed by atoms with Gasteiger partial charge in [0, 0.05) is 21.2 Å². The topological polar surface area (TPSA) is 29.1 Å². The molecule has 3 atom stereocenters. The molecule has 15 heavy (non-hydrogen) atoms. The average molecular weight is 288 g/mol. The number of rotatable bonds is 1. The molecule has 82 valence electrons. The van der Waals surface area contributed by atoms with Crippen molar-refractivity contribution in [2.75, 3.05) is 12.8 Å². The van der Waals surface area contributed by atoms with Crippen molar-refractivity contribution in [1.29, 1.82) is 0 Å². The molecule has 0 aliphatic carbocycles. The smallest absolute Gasteiger partial charge is 0.0536 e. The van der Waals surface area contributed by atoms with E-state index in [4.69, 9.17) is 0 Å². The monoisotopic (exact) mass is 287 g/mol. The minimum atomic E-state index is -0.837. The molecule has 2 nitrogen and oxygen atoms in total. The summed E-state index contributed by atoms with van der Waals surface area (Å²) >= 11 is 3.46. The van der Waals surface area contributed by atoms with Crippen LogP contribution in [0.2, 0.25) is 0 Å². The van der Waals surface area contributed by atoms with Crippen molar-refractivity contribution < 1.29 is 4.21 Å². The second-order valence-corrected chi connectivity index (χ2v) is 6.32. The first-order valence-electron chi connectivity index (χ1n) is 4.98. The van der Waals surface area contributed by atoms with E-state index < -0.39 is 10.8 Å². The molecule has 3 unspecified atom stereocenters. The highest BCUT2D eigenvalue weighted by Gasteiger charge is 2.29. The van der Waals surface area contributed by atoms with E-state index >= 15 is 0 Å². The van der Waals surface area contributed by atoms with E-state index in [1.165, 1.54) is 5.56 Å². The highest BCUT2D eigenvalue weighted by Crippen LogP contribution is 2.35. The zero-order valence-electron chi connectivity index (χ0n) is 8.79. The largest absolute Gasteiger partial charge is 0.313 e. The number of halogens is 1. The normalized spacial score (nSPS) is 29.9. The van der Waals surface area contributed by atoms with Gasteiger partial charge in [-0.2, -0.15) is 0 Å². The van der Waals surface area contributed by atoms with Gasteiger partial charge in [-0.05, 0) is 36.7 Å². The number of hydrogen-bond acceptors (Lipinski definition) is 2. The van der Waals surface area contributed by atoms with E-state index in [0.717, 1.165) is 15.1 Å². The zero-order chi connectivity index (χ0) is 11.0. The standard InChI is InChI=1S/C11H14BrNOS/c1-7-6-15(14)10-4-3-8(12)5-9(10)11(7)13-2/h3-5,7,11,13H,6H2,1-2H3. The van der Waals surface area contributed by atoms with Crippen LogP contribution in [0.25, 0.3) is 0 Å². The van der Waals surface area contributed by atoms with Crippen molar-refractivity contribution in [2.24, 2.45) is 5.92 Å². The quantitative estimate of drug-likeness (QED) is 0.860. The number of hydrogen-bond donors (Lipinski definition) is 1. The van der Waals surface area contributed by atoms with Gasteiger partial charge < -0.3 is 5.32 Å². The molecule has 1 aromatic carbocycles. The van der Waals surface area contributed by atoms with Crippen LogP contribution in [0.4, 0.5) is 0 Å². The highest BCUT2D eigenvalue weighted by atomic mass is 79.9. The highest BCUT2D eigenvalue weighted by molar-refractivity contribution is 9.10. The lowest BCUT2D eigenvalue weighted by Gasteiger charge is -2.30. The maximum absolute atomic E-state index is 11.9. The van der Waals surface area contributed by atoms with Crippen LogP contribution >= 0.6 is 15.9 Å². The van der Waals surface area contributed by atoms with Gasteiger partial charge in [0.05, 0.1) is 10.8 Å². The molecule has 0 saturated heterocycles. The van der Waals surface area contributed by atoms with Crippen LogP contribution in [0, 0.1) is 5.92 Å². The molecule has 0 aromatic heterocycles. The number of benzene rings is 1. The molecule has 4 heteroatoms. The second kappa shape index (κ2) is 4.36. The lowest BCUT2D eigenvalue weighted by Crippen LogP contribution is -2.32. The van der Waals surface area contributed by atoms with Crippen LogP contribution in [0.1, 0.15) is 18.5 Å². The fourth-order valence-corrected chi connectivity index (χ4v) is 4.04. The summed E-state index contributed by atoms with van der Waals surface area (Å²) in [5.74, 6) is 1.16. The molecule has 0 amide bonds. The molecule has 1 aliphatic rings. The van der Waals surface area contributed by atoms with Crippen LogP contribution < -0.4 is 5.32 Å². The molecule has 1 aliphatic heterocycles. The molecule has 1 N–H and O–H groups in total. The Balaban J connectivity index is 2.54. The van der Waals surface area contributed by atoms with Gasteiger partial charge in [-0.1, -0.05) is 22.9 Å². The molecule has 0 radical (unpaired) electrons. The molecule has 0 spiro atoms. The first kappa shape index (κ1) is 11.3. The van der Waals surface area contributed by atoms with Crippen LogP contribution in [-0.4, -0.2) is 17.0 Å². The summed E-state index contributed by atoms with van der Waals surface area (Å²) in [5.41, 5.74) is 1.17. The van der Waals surface area contributed by atoms with Crippen molar-refractivity contribution in [3.63, 3.8) is 0 Å². The number of nitrogens with one attached hydrogen (secondary N) is 1. The van der Waals surface area contributed by atoms with Gasteiger partial charge in [0.1, 0.15) is 0 Å². The van der Waals surface area contributed by atoms with E-state index in [2.05, 4.69) is 34.2 Å². The van der Waals surface area contributed by atoms with Crippen LogP contribution in [0.3, 0.4) is 0 Å². The fraction of sp³-hybridized carbons (Fsp3) is 0.455. The Morgan fingerprint density at radius 3 is 2.93 bits per heavy atom. The Labute approximate surface area is 101 Å². The molecular weight excluding hydrogens is 274 g/mol. The van der Waals surface area contributed by atoms with Crippen molar-refractivity contribution in [1.82, 2.24) is 5.32 Å². The Morgan fingerprint density at radius 2 is 2.27 bits per heavy atom. The second-order valence-electron chi connectivity index (χ2n) is 3.94. The van der Waals surface area contributed by atoms with E-state index in [1.807, 2.05) is 19.2 Å². The van der Waals surface area contributed by atoms with Gasteiger partial charge in [-0.3, -0.25) is 4.21 Å². The van der Waals surface area contributed by atoms with Gasteiger partial charge in [0.2, 0.25) is 0 Å². The number of fused-ring (bicyclic) bond motifs is 1. The molecule has 0 bridgehead atoms. The lowest BCUT2D eigenvalue weighted by atomic mass is 9.95. The van der Waals surface area contributed by atoms with Gasteiger partial charge in [0.25, 0.3) is 0 Å². The fourth-order valence-electron chi connectivity index (χ4n) is 2.14. The summed E-state index contributed by atoms with van der Waals surface area (Å²) in [5, 5.41) is 3.30. The maximum atomic E-state index is 11.9. The predicted octanol–water partition coefficient (Wildman–Crippen LogP) is 2.47. The maximum Gasteiger partial charge on any atom is 0.0536 e. The summed E-state index contributed by atoms with van der Waals surface area (Å²) in [6.45, 7) is 2.14. The predicted molar refractivity (Wildman–Crippen MR) is 66.4 cm³/mol. The van der Waals surface area contributed by atoms with Crippen LogP contribution in [0.15, 0.2) is 27.6 Å². The van der Waals surface area contributed by atoms with Gasteiger partial charge in [-0.15, -0.1) is 0 Å². The molecule has 0 fully saturated rings. The van der Waals surface area contributed by atoms with Gasteiger partial charge in [-0.25, -0.2) is 0 Å². The molecule has 1 heterocycles. The molecule has 1 aromatic rings. The van der Waals surface area contributed by atoms with Crippen molar-refractivity contribution in [2.45, 2.75) is 17.9 Å². The van der Waals surface area contributed by atoms with E-state index in [0.29, 0.717) is 12.0 Å². The Hall–Kier alpha value is -0.190. The van der Waals surface area contributed by atoms with E-state index in [-0.39, 0.29) is 0 Å². The Kier molecular flexibility index (Phi) is 3.28. The SMILES string of the molecule is CNC1c2cc(Br)ccc2S(=O)CC1C. The minimum Gasteiger partial charge on any atom is -0.313 e. The molecular formula is C11H14BrNOS. The zero-order valence-corrected chi connectivity index (χ0v) is 11.2. The summed E-state index contributed by atoms with van der Waals surface area (Å²) in [7, 11) is 1.12. The first-order valence-corrected chi connectivity index (χ1v) is 7.09. The third-order valence-corrected chi connectivity index (χ3v) is 5.03. The lowest BCUT2D eigenvalue weighted by molar-refractivity contribution is 0.431. The van der Waals surface area contributed by atoms with Crippen molar-refractivity contribution in [3.05, 3.63) is 28.2 Å². The minimum absolute atomic E-state index is 0.315. The summed E-state index contributed by atoms with van der Waals surface area (Å²) in [6, 6.07) is 6.31. The first-order chi connectivity index (χ1) is 7.13. The third-order valence-electron chi connectivity index (χ3n) is 2.85. The van der Waals surface area contributed by atoms with Gasteiger partial charge >= 0.3 is 0 Å². The van der Waals surface area contributed by atoms with Crippen molar-refractivity contribution in [3.8, 4) is 0 Å². The van der Waals surface area contributed by atoms with Crippen LogP contribution in [-0.2, 0) is 10.8 Å². The molecule has 2 rings (SSSR count). The average Bonchev–Trinajstić information content (AvgIpc) is 2.17. The Morgan fingerprint density at radius 1 is 1.53 bits per heavy atom. The van der Waals surface area contributed by atoms with E-state index in [1.54, 1.807) is 0 Å². The van der Waals surface area contributed by atoms with Gasteiger partial charge in [0.15, 0.2) is 0 Å². The molecule has 0 saturated carbocycles. The Bertz CT molecular complexity index is 408. The van der Waals surface area contributed by atoms with Crippen molar-refractivity contribution >= 4 is 26.7 Å². The third kappa shape index (κ3) is 2.03. The summed E-state index contributed by atoms with van der Waals surface area (Å²) < 4.78 is 13.0. The summed E-state index contributed by atoms with van der Waals surface area (Å²) in [4.78, 5) is 0.982.